The van der Waals surface area contributed by atoms with Crippen LogP contribution in [0.25, 0.3) is 0 Å². The molecule has 0 saturated carbocycles. The maximum absolute atomic E-state index is 11.4. The minimum absolute atomic E-state index is 0.00357. The van der Waals surface area contributed by atoms with Crippen molar-refractivity contribution in [2.45, 2.75) is 19.8 Å². The van der Waals surface area contributed by atoms with Gasteiger partial charge in [0.2, 0.25) is 5.91 Å². The van der Waals surface area contributed by atoms with Gasteiger partial charge in [0.05, 0.1) is 7.11 Å². The van der Waals surface area contributed by atoms with E-state index < -0.39 is 5.97 Å². The quantitative estimate of drug-likeness (QED) is 0.474. The molecule has 0 aromatic heterocycles. The van der Waals surface area contributed by atoms with Crippen LogP contribution < -0.4 is 0 Å². The van der Waals surface area contributed by atoms with E-state index in [0.717, 1.165) is 0 Å². The second-order valence-electron chi connectivity index (χ2n) is 2.69. The zero-order valence-corrected chi connectivity index (χ0v) is 8.58. The molecule has 0 heterocycles. The second-order valence-corrected chi connectivity index (χ2v) is 2.69. The van der Waals surface area contributed by atoms with E-state index in [1.54, 1.807) is 6.92 Å². The van der Waals surface area contributed by atoms with E-state index in [2.05, 4.69) is 10.7 Å². The first-order chi connectivity index (χ1) is 6.65. The minimum Gasteiger partial charge on any atom is -0.468 e. The van der Waals surface area contributed by atoms with E-state index in [-0.39, 0.29) is 18.9 Å². The predicted octanol–water partition coefficient (Wildman–Crippen LogP) is 0.421. The van der Waals surface area contributed by atoms with E-state index in [1.807, 2.05) is 0 Å². The van der Waals surface area contributed by atoms with E-state index in [0.29, 0.717) is 13.0 Å². The van der Waals surface area contributed by atoms with Crippen LogP contribution in [0.3, 0.4) is 0 Å². The fourth-order valence-electron chi connectivity index (χ4n) is 0.934. The van der Waals surface area contributed by atoms with Crippen LogP contribution in [-0.2, 0) is 14.3 Å². The summed E-state index contributed by atoms with van der Waals surface area (Å²) in [6.45, 7) is 2.28. The maximum Gasteiger partial charge on any atom is 0.325 e. The summed E-state index contributed by atoms with van der Waals surface area (Å²) in [4.78, 5) is 23.7. The summed E-state index contributed by atoms with van der Waals surface area (Å²) in [5.74, 6) is 1.85. The first-order valence-electron chi connectivity index (χ1n) is 4.43. The zero-order chi connectivity index (χ0) is 11.0. The molecule has 0 saturated heterocycles. The summed E-state index contributed by atoms with van der Waals surface area (Å²) >= 11 is 0. The van der Waals surface area contributed by atoms with Crippen molar-refractivity contribution in [3.05, 3.63) is 0 Å². The van der Waals surface area contributed by atoms with Crippen LogP contribution in [0, 0.1) is 12.3 Å². The molecule has 0 aromatic rings. The molecule has 0 aliphatic heterocycles. The smallest absolute Gasteiger partial charge is 0.325 e. The fourth-order valence-corrected chi connectivity index (χ4v) is 0.934. The molecule has 78 valence electrons. The Morgan fingerprint density at radius 2 is 2.14 bits per heavy atom. The van der Waals surface area contributed by atoms with E-state index in [4.69, 9.17) is 6.42 Å². The standard InChI is InChI=1S/C10H15NO3/c1-4-6-7-9(12)11(5-2)8-10(13)14-3/h1H,5-8H2,2-3H3. The highest BCUT2D eigenvalue weighted by atomic mass is 16.5. The van der Waals surface area contributed by atoms with Gasteiger partial charge in [0.15, 0.2) is 0 Å². The van der Waals surface area contributed by atoms with Crippen molar-refractivity contribution < 1.29 is 14.3 Å². The van der Waals surface area contributed by atoms with Gasteiger partial charge >= 0.3 is 5.97 Å². The van der Waals surface area contributed by atoms with Crippen molar-refractivity contribution >= 4 is 11.9 Å². The van der Waals surface area contributed by atoms with Crippen molar-refractivity contribution in [2.24, 2.45) is 0 Å². The molecule has 0 radical (unpaired) electrons. The Kier molecular flexibility index (Phi) is 6.21. The minimum atomic E-state index is -0.416. The maximum atomic E-state index is 11.4. The zero-order valence-electron chi connectivity index (χ0n) is 8.58. The molecule has 0 N–H and O–H groups in total. The van der Waals surface area contributed by atoms with E-state index in [9.17, 15) is 9.59 Å². The first kappa shape index (κ1) is 12.5. The summed E-state index contributed by atoms with van der Waals surface area (Å²) in [5.41, 5.74) is 0. The number of esters is 1. The SMILES string of the molecule is C#CCCC(=O)N(CC)CC(=O)OC. The van der Waals surface area contributed by atoms with Crippen LogP contribution in [0.5, 0.6) is 0 Å². The van der Waals surface area contributed by atoms with Crippen molar-refractivity contribution in [3.8, 4) is 12.3 Å². The number of hydrogen-bond acceptors (Lipinski definition) is 3. The largest absolute Gasteiger partial charge is 0.468 e. The molecule has 0 bridgehead atoms. The van der Waals surface area contributed by atoms with Gasteiger partial charge in [-0.25, -0.2) is 0 Å². The Hall–Kier alpha value is -1.50. The molecule has 14 heavy (non-hydrogen) atoms. The molecule has 0 aliphatic rings. The van der Waals surface area contributed by atoms with Crippen molar-refractivity contribution in [1.82, 2.24) is 4.90 Å². The number of likely N-dealkylation sites (N-methyl/N-ethyl adjacent to an activating group) is 1. The van der Waals surface area contributed by atoms with Gasteiger partial charge in [-0.15, -0.1) is 12.3 Å². The van der Waals surface area contributed by atoms with Gasteiger partial charge in [-0.2, -0.15) is 0 Å². The lowest BCUT2D eigenvalue weighted by Gasteiger charge is -2.18. The molecule has 0 rings (SSSR count). The number of methoxy groups -OCH3 is 1. The van der Waals surface area contributed by atoms with Gasteiger partial charge < -0.3 is 9.64 Å². The van der Waals surface area contributed by atoms with Gasteiger partial charge in [-0.1, -0.05) is 0 Å². The van der Waals surface area contributed by atoms with Crippen molar-refractivity contribution in [3.63, 3.8) is 0 Å². The number of rotatable bonds is 5. The monoisotopic (exact) mass is 197 g/mol. The Balaban J connectivity index is 4.06. The fraction of sp³-hybridized carbons (Fsp3) is 0.600. The van der Waals surface area contributed by atoms with Crippen molar-refractivity contribution in [2.75, 3.05) is 20.2 Å². The van der Waals surface area contributed by atoms with Crippen molar-refractivity contribution in [1.29, 1.82) is 0 Å². The summed E-state index contributed by atoms with van der Waals surface area (Å²) in [6, 6.07) is 0. The normalized spacial score (nSPS) is 8.93. The highest BCUT2D eigenvalue weighted by molar-refractivity contribution is 5.82. The summed E-state index contributed by atoms with van der Waals surface area (Å²) in [5, 5.41) is 0. The molecular formula is C10H15NO3. The molecule has 4 nitrogen and oxygen atoms in total. The second kappa shape index (κ2) is 6.96. The Bertz CT molecular complexity index is 242. The van der Waals surface area contributed by atoms with Gasteiger partial charge in [0.25, 0.3) is 0 Å². The van der Waals surface area contributed by atoms with Crippen LogP contribution in [0.15, 0.2) is 0 Å². The number of terminal acetylenes is 1. The summed E-state index contributed by atoms with van der Waals surface area (Å²) in [6.07, 6.45) is 5.71. The number of ether oxygens (including phenoxy) is 1. The molecule has 4 heteroatoms. The molecule has 0 atom stereocenters. The molecule has 0 unspecified atom stereocenters. The molecule has 1 amide bonds. The van der Waals surface area contributed by atoms with Crippen LogP contribution >= 0.6 is 0 Å². The summed E-state index contributed by atoms with van der Waals surface area (Å²) in [7, 11) is 1.29. The molecule has 0 aliphatic carbocycles. The molecule has 0 spiro atoms. The van der Waals surface area contributed by atoms with Crippen LogP contribution in [-0.4, -0.2) is 37.0 Å². The van der Waals surface area contributed by atoms with E-state index >= 15 is 0 Å². The topological polar surface area (TPSA) is 46.6 Å². The molecular weight excluding hydrogens is 182 g/mol. The van der Waals surface area contributed by atoms with Crippen LogP contribution in [0.1, 0.15) is 19.8 Å². The lowest BCUT2D eigenvalue weighted by atomic mass is 10.3. The van der Waals surface area contributed by atoms with Gasteiger partial charge in [-0.3, -0.25) is 9.59 Å². The van der Waals surface area contributed by atoms with Gasteiger partial charge in [-0.05, 0) is 6.92 Å². The third-order valence-corrected chi connectivity index (χ3v) is 1.77. The van der Waals surface area contributed by atoms with Crippen LogP contribution in [0.2, 0.25) is 0 Å². The summed E-state index contributed by atoms with van der Waals surface area (Å²) < 4.78 is 4.46. The number of hydrogen-bond donors (Lipinski definition) is 0. The highest BCUT2D eigenvalue weighted by Crippen LogP contribution is 1.97. The number of carbonyl (C=O) groups is 2. The molecule has 0 aromatic carbocycles. The van der Waals surface area contributed by atoms with Gasteiger partial charge in [0.1, 0.15) is 6.54 Å². The van der Waals surface area contributed by atoms with E-state index in [1.165, 1.54) is 12.0 Å². The third kappa shape index (κ3) is 4.51. The Labute approximate surface area is 84.2 Å². The Morgan fingerprint density at radius 3 is 2.57 bits per heavy atom. The third-order valence-electron chi connectivity index (χ3n) is 1.77. The lowest BCUT2D eigenvalue weighted by Crippen LogP contribution is -2.35. The predicted molar refractivity (Wildman–Crippen MR) is 52.3 cm³/mol. The average molecular weight is 197 g/mol. The van der Waals surface area contributed by atoms with Gasteiger partial charge in [0, 0.05) is 19.4 Å². The molecule has 0 fully saturated rings. The van der Waals surface area contributed by atoms with Crippen LogP contribution in [0.4, 0.5) is 0 Å². The number of carbonyl (C=O) groups excluding carboxylic acids is 2. The highest BCUT2D eigenvalue weighted by Gasteiger charge is 2.14. The number of amides is 1. The first-order valence-corrected chi connectivity index (χ1v) is 4.43. The average Bonchev–Trinajstić information content (AvgIpc) is 2.21. The Morgan fingerprint density at radius 1 is 1.50 bits per heavy atom. The lowest BCUT2D eigenvalue weighted by molar-refractivity contribution is -0.146. The number of nitrogens with zero attached hydrogens (tertiary/aromatic N) is 1.